The summed E-state index contributed by atoms with van der Waals surface area (Å²) >= 11 is 0. The third-order valence-corrected chi connectivity index (χ3v) is 16.5. The molecular formula is C46H69FN2O9S2. The minimum Gasteiger partial charge on any atom is -0.461 e. The Morgan fingerprint density at radius 1 is 0.967 bits per heavy atom. The van der Waals surface area contributed by atoms with Gasteiger partial charge in [0.1, 0.15) is 17.7 Å². The largest absolute Gasteiger partial charge is 0.461 e. The topological polar surface area (TPSA) is 152 Å². The minimum atomic E-state index is -3.61. The number of allylic oxidation sites excluding steroid dienone is 2. The molecule has 0 bridgehead atoms. The van der Waals surface area contributed by atoms with Crippen LogP contribution in [0.4, 0.5) is 4.39 Å². The number of halogens is 1. The van der Waals surface area contributed by atoms with Crippen molar-refractivity contribution in [3.05, 3.63) is 47.3 Å². The number of benzene rings is 1. The number of fused-ring (bicyclic) bond motifs is 3. The first kappa shape index (κ1) is 48.1. The third kappa shape index (κ3) is 12.4. The number of carbonyl (C=O) groups is 4. The molecule has 0 aromatic heterocycles. The zero-order valence-corrected chi connectivity index (χ0v) is 38.8. The summed E-state index contributed by atoms with van der Waals surface area (Å²) < 4.78 is 68.4. The van der Waals surface area contributed by atoms with Gasteiger partial charge in [-0.1, -0.05) is 57.9 Å². The normalized spacial score (nSPS) is 30.2. The van der Waals surface area contributed by atoms with Crippen molar-refractivity contribution in [2.45, 2.75) is 162 Å². The number of hydrogen-bond donors (Lipinski definition) is 0. The molecular weight excluding hydrogens is 808 g/mol. The van der Waals surface area contributed by atoms with E-state index >= 15 is 0 Å². The van der Waals surface area contributed by atoms with Crippen LogP contribution in [-0.2, 0) is 56.7 Å². The van der Waals surface area contributed by atoms with Crippen LogP contribution < -0.4 is 0 Å². The van der Waals surface area contributed by atoms with Crippen molar-refractivity contribution < 1.29 is 45.1 Å². The van der Waals surface area contributed by atoms with Crippen molar-refractivity contribution in [3.63, 3.8) is 0 Å². The highest BCUT2D eigenvalue weighted by atomic mass is 32.2. The Bertz CT molecular complexity index is 2020. The van der Waals surface area contributed by atoms with E-state index in [0.29, 0.717) is 37.5 Å². The number of ketones is 2. The predicted molar refractivity (Wildman–Crippen MR) is 231 cm³/mol. The van der Waals surface area contributed by atoms with Gasteiger partial charge >= 0.3 is 5.97 Å². The summed E-state index contributed by atoms with van der Waals surface area (Å²) in [6.45, 7) is 16.3. The monoisotopic (exact) mass is 876 g/mol. The molecule has 2 saturated carbocycles. The molecule has 4 fully saturated rings. The van der Waals surface area contributed by atoms with Crippen molar-refractivity contribution in [1.82, 2.24) is 9.80 Å². The molecule has 4 heterocycles. The lowest BCUT2D eigenvalue weighted by Crippen LogP contribution is -2.48. The van der Waals surface area contributed by atoms with Gasteiger partial charge in [-0.3, -0.25) is 24.1 Å². The fourth-order valence-electron chi connectivity index (χ4n) is 9.50. The second kappa shape index (κ2) is 18.8. The molecule has 2 aliphatic carbocycles. The predicted octanol–water partition coefficient (Wildman–Crippen LogP) is 7.19. The average Bonchev–Trinajstić information content (AvgIpc) is 3.96. The maximum atomic E-state index is 14.0. The smallest absolute Gasteiger partial charge is 0.302 e. The maximum Gasteiger partial charge on any atom is 0.302 e. The highest BCUT2D eigenvalue weighted by molar-refractivity contribution is 7.92. The van der Waals surface area contributed by atoms with Crippen LogP contribution in [0.2, 0.25) is 0 Å². The van der Waals surface area contributed by atoms with Gasteiger partial charge in [0.2, 0.25) is 5.91 Å². The van der Waals surface area contributed by atoms with Crippen molar-refractivity contribution in [2.75, 3.05) is 24.3 Å². The molecule has 2 saturated heterocycles. The fraction of sp³-hybridized carbons (Fsp3) is 0.739. The van der Waals surface area contributed by atoms with E-state index in [9.17, 15) is 40.4 Å². The number of nitrogens with zero attached hydrogens (tertiary/aromatic N) is 2. The van der Waals surface area contributed by atoms with Gasteiger partial charge in [0, 0.05) is 55.6 Å². The Morgan fingerprint density at radius 2 is 1.67 bits per heavy atom. The number of hydrogen-bond acceptors (Lipinski definition) is 10. The number of Topliss-reactive ketones (excluding diaryl/α,β-unsaturated/α-hetero) is 2. The van der Waals surface area contributed by atoms with Crippen molar-refractivity contribution in [3.8, 4) is 0 Å². The van der Waals surface area contributed by atoms with Gasteiger partial charge in [0.25, 0.3) is 0 Å². The first-order chi connectivity index (χ1) is 27.8. The zero-order chi connectivity index (χ0) is 44.4. The van der Waals surface area contributed by atoms with Gasteiger partial charge in [-0.25, -0.2) is 21.2 Å². The first-order valence-corrected chi connectivity index (χ1v) is 25.7. The van der Waals surface area contributed by atoms with Gasteiger partial charge in [0.05, 0.1) is 29.5 Å². The lowest BCUT2D eigenvalue weighted by atomic mass is 9.88. The van der Waals surface area contributed by atoms with E-state index in [0.717, 1.165) is 55.7 Å². The van der Waals surface area contributed by atoms with E-state index in [1.807, 2.05) is 18.2 Å². The summed E-state index contributed by atoms with van der Waals surface area (Å²) in [7, 11) is -7.06. The second-order valence-corrected chi connectivity index (χ2v) is 24.8. The molecule has 1 amide bonds. The number of amides is 1. The average molecular weight is 877 g/mol. The Morgan fingerprint density at radius 3 is 2.22 bits per heavy atom. The summed E-state index contributed by atoms with van der Waals surface area (Å²) in [4.78, 5) is 56.4. The zero-order valence-electron chi connectivity index (χ0n) is 37.1. The van der Waals surface area contributed by atoms with E-state index < -0.39 is 77.6 Å². The number of rotatable bonds is 5. The van der Waals surface area contributed by atoms with E-state index in [1.165, 1.54) is 24.7 Å². The fourth-order valence-corrected chi connectivity index (χ4v) is 12.4. The Labute approximate surface area is 358 Å². The lowest BCUT2D eigenvalue weighted by molar-refractivity contribution is -0.147. The molecule has 1 aromatic rings. The van der Waals surface area contributed by atoms with Crippen molar-refractivity contribution in [2.24, 2.45) is 28.6 Å². The molecule has 6 aliphatic rings. The molecule has 0 radical (unpaired) electrons. The van der Waals surface area contributed by atoms with E-state index in [4.69, 9.17) is 4.74 Å². The quantitative estimate of drug-likeness (QED) is 0.220. The van der Waals surface area contributed by atoms with Gasteiger partial charge in [-0.2, -0.15) is 0 Å². The van der Waals surface area contributed by atoms with Gasteiger partial charge in [-0.05, 0) is 101 Å². The summed E-state index contributed by atoms with van der Waals surface area (Å²) in [5.41, 5.74) is 1.60. The molecule has 336 valence electrons. The van der Waals surface area contributed by atoms with Gasteiger partial charge in [-0.15, -0.1) is 0 Å². The first-order valence-electron chi connectivity index (χ1n) is 21.9. The molecule has 4 aliphatic heterocycles. The van der Waals surface area contributed by atoms with Crippen molar-refractivity contribution in [1.29, 1.82) is 0 Å². The van der Waals surface area contributed by atoms with E-state index in [-0.39, 0.29) is 42.4 Å². The van der Waals surface area contributed by atoms with E-state index in [1.54, 1.807) is 12.1 Å². The Balaban J connectivity index is 0.000000262. The summed E-state index contributed by atoms with van der Waals surface area (Å²) in [6, 6.07) is 4.38. The molecule has 14 heteroatoms. The summed E-state index contributed by atoms with van der Waals surface area (Å²) in [6.07, 6.45) is 11.6. The lowest BCUT2D eigenvalue weighted by Gasteiger charge is -2.31. The molecule has 60 heavy (non-hydrogen) atoms. The Kier molecular flexibility index (Phi) is 15.1. The molecule has 1 unspecified atom stereocenters. The maximum absolute atomic E-state index is 14.0. The van der Waals surface area contributed by atoms with Crippen LogP contribution in [0.1, 0.15) is 137 Å². The Hall–Kier alpha value is -2.97. The molecule has 11 nitrogen and oxygen atoms in total. The van der Waals surface area contributed by atoms with Crippen LogP contribution in [-0.4, -0.2) is 97.3 Å². The van der Waals surface area contributed by atoms with Crippen LogP contribution in [0.15, 0.2) is 30.4 Å². The summed E-state index contributed by atoms with van der Waals surface area (Å²) in [5, 5.41) is -0.806. The van der Waals surface area contributed by atoms with Crippen LogP contribution in [0, 0.1) is 34.4 Å². The summed E-state index contributed by atoms with van der Waals surface area (Å²) in [5.74, 6) is -2.54. The van der Waals surface area contributed by atoms with Crippen LogP contribution in [0.25, 0.3) is 0 Å². The molecule has 0 spiro atoms. The molecule has 1 aromatic carbocycles. The highest BCUT2D eigenvalue weighted by Crippen LogP contribution is 2.58. The van der Waals surface area contributed by atoms with E-state index in [2.05, 4.69) is 46.4 Å². The van der Waals surface area contributed by atoms with Crippen molar-refractivity contribution >= 4 is 43.1 Å². The van der Waals surface area contributed by atoms with Gasteiger partial charge < -0.3 is 9.64 Å². The van der Waals surface area contributed by atoms with Crippen LogP contribution >= 0.6 is 0 Å². The van der Waals surface area contributed by atoms with Crippen LogP contribution in [0.5, 0.6) is 0 Å². The second-order valence-electron chi connectivity index (χ2n) is 20.3. The number of sulfone groups is 2. The number of ether oxygens (including phenoxy) is 1. The third-order valence-electron chi connectivity index (χ3n) is 13.4. The SMILES string of the molecule is CC(=O)O[C@@H]1C[C@H]2C(=O)C[C@]3(C(=O)CS(C)(=O)=O)C[C@H]3/C=C\CCCCC[C@H](C3CCCS3(=O)=O)C(=O)N2C1.CC(C)(C)C1CC1.CC(C)(C)N1Cc2cccc(F)c2C1. The molecule has 7 rings (SSSR count). The highest BCUT2D eigenvalue weighted by Gasteiger charge is 2.60. The number of esters is 1. The molecule has 6 atom stereocenters. The van der Waals surface area contributed by atoms with Crippen LogP contribution in [0.3, 0.4) is 0 Å². The minimum absolute atomic E-state index is 0.0221. The standard InChI is InChI=1S/C27H39NO9S2.C12H16FN.C7H14/c1-18(29)37-20-13-22-23(30)15-27(25(31)17-38(2,33)34)14-19(27)9-6-4-3-5-7-10-21(26(32)28(22)16-20)24-11-8-12-39(24,35)36;1-12(2,3)14-7-9-5-4-6-11(13)10(9)8-14;1-7(2,3)6-4-5-6/h6,9,19-22,24H,3-5,7-8,10-17H2,1-2H3;4-6H,7-8H2,1-3H3;6H,4-5H2,1-3H3/b9-6-;;/t19-,20-,21-,22+,24?,27-;;/m1../s1. The number of carbonyl (C=O) groups excluding carboxylic acids is 4. The molecule has 0 N–H and O–H groups in total. The van der Waals surface area contributed by atoms with Gasteiger partial charge in [0.15, 0.2) is 31.2 Å².